The summed E-state index contributed by atoms with van der Waals surface area (Å²) < 4.78 is 1.59. The van der Waals surface area contributed by atoms with Crippen LogP contribution in [-0.2, 0) is 7.05 Å². The molecule has 0 bridgehead atoms. The zero-order valence-corrected chi connectivity index (χ0v) is 9.93. The van der Waals surface area contributed by atoms with Gasteiger partial charge in [-0.2, -0.15) is 5.10 Å². The number of carboxylic acid groups (broad SMARTS) is 1. The van der Waals surface area contributed by atoms with E-state index >= 15 is 0 Å². The van der Waals surface area contributed by atoms with Crippen molar-refractivity contribution < 1.29 is 9.90 Å². The average molecular weight is 231 g/mol. The highest BCUT2D eigenvalue weighted by Gasteiger charge is 2.21. The number of hydrogen-bond acceptors (Lipinski definition) is 3. The van der Waals surface area contributed by atoms with Crippen molar-refractivity contribution in [3.63, 3.8) is 0 Å². The van der Waals surface area contributed by atoms with Crippen LogP contribution in [0.5, 0.6) is 0 Å². The van der Waals surface area contributed by atoms with E-state index in [1.165, 1.54) is 0 Å². The summed E-state index contributed by atoms with van der Waals surface area (Å²) in [5, 5.41) is 13.4. The number of carbonyl (C=O) groups is 1. The van der Waals surface area contributed by atoms with Crippen LogP contribution < -0.4 is 0 Å². The lowest BCUT2D eigenvalue weighted by Crippen LogP contribution is -2.03. The minimum atomic E-state index is -0.964. The molecule has 2 aromatic heterocycles. The van der Waals surface area contributed by atoms with Crippen LogP contribution in [0.4, 0.5) is 0 Å². The van der Waals surface area contributed by atoms with Crippen LogP contribution in [-0.4, -0.2) is 25.8 Å². The Morgan fingerprint density at radius 1 is 1.35 bits per heavy atom. The maximum absolute atomic E-state index is 11.3. The molecule has 88 valence electrons. The molecule has 2 rings (SSSR count). The van der Waals surface area contributed by atoms with Gasteiger partial charge in [-0.05, 0) is 26.0 Å². The van der Waals surface area contributed by atoms with E-state index in [-0.39, 0.29) is 5.56 Å². The van der Waals surface area contributed by atoms with Gasteiger partial charge >= 0.3 is 5.97 Å². The van der Waals surface area contributed by atoms with E-state index in [0.29, 0.717) is 11.4 Å². The number of aromatic carboxylic acids is 1. The molecular weight excluding hydrogens is 218 g/mol. The van der Waals surface area contributed by atoms with Gasteiger partial charge in [-0.1, -0.05) is 0 Å². The molecule has 0 aliphatic rings. The molecule has 0 atom stereocenters. The largest absolute Gasteiger partial charge is 0.478 e. The Kier molecular flexibility index (Phi) is 2.67. The number of aryl methyl sites for hydroxylation is 3. The van der Waals surface area contributed by atoms with E-state index in [4.69, 9.17) is 0 Å². The van der Waals surface area contributed by atoms with Crippen LogP contribution in [0.2, 0.25) is 0 Å². The van der Waals surface area contributed by atoms with Crippen molar-refractivity contribution in [2.24, 2.45) is 7.05 Å². The van der Waals surface area contributed by atoms with Crippen molar-refractivity contribution in [2.45, 2.75) is 13.8 Å². The first-order valence-corrected chi connectivity index (χ1v) is 5.21. The zero-order chi connectivity index (χ0) is 12.6. The average Bonchev–Trinajstić information content (AvgIpc) is 2.54. The highest BCUT2D eigenvalue weighted by Crippen LogP contribution is 2.27. The van der Waals surface area contributed by atoms with E-state index in [2.05, 4.69) is 10.1 Å². The molecule has 0 aliphatic heterocycles. The molecule has 17 heavy (non-hydrogen) atoms. The Labute approximate surface area is 98.7 Å². The van der Waals surface area contributed by atoms with E-state index in [0.717, 1.165) is 11.3 Å². The van der Waals surface area contributed by atoms with Gasteiger partial charge in [0.05, 0.1) is 11.4 Å². The molecule has 2 aromatic rings. The minimum absolute atomic E-state index is 0.239. The lowest BCUT2D eigenvalue weighted by atomic mass is 10.1. The smallest absolute Gasteiger partial charge is 0.339 e. The van der Waals surface area contributed by atoms with Gasteiger partial charge in [-0.3, -0.25) is 9.67 Å². The molecular formula is C12H13N3O2. The second-order valence-electron chi connectivity index (χ2n) is 3.87. The molecule has 5 nitrogen and oxygen atoms in total. The first-order valence-electron chi connectivity index (χ1n) is 5.21. The SMILES string of the molecule is Cc1ncccc1-c1c(C(=O)O)c(C)nn1C. The number of pyridine rings is 1. The van der Waals surface area contributed by atoms with Crippen molar-refractivity contribution in [1.29, 1.82) is 0 Å². The Morgan fingerprint density at radius 2 is 2.06 bits per heavy atom. The number of nitrogens with zero attached hydrogens (tertiary/aromatic N) is 3. The predicted molar refractivity (Wildman–Crippen MR) is 62.9 cm³/mol. The topological polar surface area (TPSA) is 68.0 Å². The Balaban J connectivity index is 2.76. The summed E-state index contributed by atoms with van der Waals surface area (Å²) in [5.74, 6) is -0.964. The first kappa shape index (κ1) is 11.3. The van der Waals surface area contributed by atoms with Crippen LogP contribution in [0.3, 0.4) is 0 Å². The van der Waals surface area contributed by atoms with Crippen molar-refractivity contribution >= 4 is 5.97 Å². The number of rotatable bonds is 2. The van der Waals surface area contributed by atoms with Gasteiger partial charge in [-0.15, -0.1) is 0 Å². The molecule has 0 unspecified atom stereocenters. The highest BCUT2D eigenvalue weighted by atomic mass is 16.4. The summed E-state index contributed by atoms with van der Waals surface area (Å²) in [4.78, 5) is 15.4. The normalized spacial score (nSPS) is 10.5. The van der Waals surface area contributed by atoms with E-state index in [1.54, 1.807) is 30.9 Å². The van der Waals surface area contributed by atoms with Crippen molar-refractivity contribution in [1.82, 2.24) is 14.8 Å². The maximum Gasteiger partial charge on any atom is 0.339 e. The molecule has 0 fully saturated rings. The van der Waals surface area contributed by atoms with Crippen molar-refractivity contribution in [2.75, 3.05) is 0 Å². The third-order valence-electron chi connectivity index (χ3n) is 2.70. The lowest BCUT2D eigenvalue weighted by molar-refractivity contribution is 0.0697. The molecule has 2 heterocycles. The Hall–Kier alpha value is -2.17. The summed E-state index contributed by atoms with van der Waals surface area (Å²) in [6.07, 6.45) is 1.68. The van der Waals surface area contributed by atoms with Gasteiger partial charge in [-0.25, -0.2) is 4.79 Å². The number of carboxylic acids is 1. The molecule has 0 saturated carbocycles. The lowest BCUT2D eigenvalue weighted by Gasteiger charge is -2.06. The van der Waals surface area contributed by atoms with E-state index in [1.807, 2.05) is 13.0 Å². The fourth-order valence-electron chi connectivity index (χ4n) is 1.96. The van der Waals surface area contributed by atoms with Crippen molar-refractivity contribution in [3.05, 3.63) is 35.3 Å². The summed E-state index contributed by atoms with van der Waals surface area (Å²) in [7, 11) is 1.74. The van der Waals surface area contributed by atoms with Crippen molar-refractivity contribution in [3.8, 4) is 11.3 Å². The molecule has 0 radical (unpaired) electrons. The monoisotopic (exact) mass is 231 g/mol. The van der Waals surface area contributed by atoms with Crippen LogP contribution in [0.15, 0.2) is 18.3 Å². The maximum atomic E-state index is 11.3. The second-order valence-corrected chi connectivity index (χ2v) is 3.87. The van der Waals surface area contributed by atoms with Crippen LogP contribution in [0.1, 0.15) is 21.7 Å². The van der Waals surface area contributed by atoms with Crippen LogP contribution in [0.25, 0.3) is 11.3 Å². The Morgan fingerprint density at radius 3 is 2.65 bits per heavy atom. The molecule has 5 heteroatoms. The molecule has 0 spiro atoms. The van der Waals surface area contributed by atoms with Crippen LogP contribution >= 0.6 is 0 Å². The molecule has 0 saturated heterocycles. The van der Waals surface area contributed by atoms with Gasteiger partial charge in [0, 0.05) is 24.5 Å². The standard InChI is InChI=1S/C12H13N3O2/c1-7-9(5-4-6-13-7)11-10(12(16)17)8(2)14-15(11)3/h4-6H,1-3H3,(H,16,17). The van der Waals surface area contributed by atoms with Gasteiger partial charge in [0.15, 0.2) is 0 Å². The third kappa shape index (κ3) is 1.80. The molecule has 0 aliphatic carbocycles. The second kappa shape index (κ2) is 4.01. The summed E-state index contributed by atoms with van der Waals surface area (Å²) in [6.45, 7) is 3.54. The fourth-order valence-corrected chi connectivity index (χ4v) is 1.96. The van der Waals surface area contributed by atoms with Gasteiger partial charge in [0.2, 0.25) is 0 Å². The van der Waals surface area contributed by atoms with Gasteiger partial charge < -0.3 is 5.11 Å². The number of hydrogen-bond donors (Lipinski definition) is 1. The zero-order valence-electron chi connectivity index (χ0n) is 9.93. The summed E-state index contributed by atoms with van der Waals surface area (Å²) in [6, 6.07) is 3.64. The van der Waals surface area contributed by atoms with E-state index < -0.39 is 5.97 Å². The quantitative estimate of drug-likeness (QED) is 0.855. The van der Waals surface area contributed by atoms with E-state index in [9.17, 15) is 9.90 Å². The highest BCUT2D eigenvalue weighted by molar-refractivity contribution is 5.96. The minimum Gasteiger partial charge on any atom is -0.478 e. The number of aromatic nitrogens is 3. The third-order valence-corrected chi connectivity index (χ3v) is 2.70. The summed E-state index contributed by atoms with van der Waals surface area (Å²) in [5.41, 5.74) is 2.94. The summed E-state index contributed by atoms with van der Waals surface area (Å²) >= 11 is 0. The fraction of sp³-hybridized carbons (Fsp3) is 0.250. The van der Waals surface area contributed by atoms with Gasteiger partial charge in [0.25, 0.3) is 0 Å². The molecule has 1 N–H and O–H groups in total. The Bertz CT molecular complexity index is 587. The molecule has 0 aromatic carbocycles. The molecule has 0 amide bonds. The predicted octanol–water partition coefficient (Wildman–Crippen LogP) is 1.80. The first-order chi connectivity index (χ1) is 8.02. The van der Waals surface area contributed by atoms with Crippen LogP contribution in [0, 0.1) is 13.8 Å². The van der Waals surface area contributed by atoms with Gasteiger partial charge in [0.1, 0.15) is 5.56 Å².